The molecular weight excluding hydrogens is 456 g/mol. The molecule has 3 nitrogen and oxygen atoms in total. The molecule has 1 aromatic heterocycles. The molecule has 0 N–H and O–H groups in total. The van der Waals surface area contributed by atoms with Crippen LogP contribution in [0.1, 0.15) is 17.0 Å². The Bertz CT molecular complexity index is 1410. The van der Waals surface area contributed by atoms with Crippen molar-refractivity contribution < 1.29 is 4.79 Å². The van der Waals surface area contributed by atoms with E-state index in [-0.39, 0.29) is 5.91 Å². The molecule has 5 rings (SSSR count). The number of rotatable bonds is 3. The average Bonchev–Trinajstić information content (AvgIpc) is 3.22. The number of hydrogen-bond acceptors (Lipinski definition) is 3. The van der Waals surface area contributed by atoms with Crippen molar-refractivity contribution in [3.63, 3.8) is 0 Å². The number of carbonyl (C=O) groups is 1. The highest BCUT2D eigenvalue weighted by atomic mass is 35.5. The zero-order valence-corrected chi connectivity index (χ0v) is 19.9. The van der Waals surface area contributed by atoms with E-state index >= 15 is 0 Å². The second kappa shape index (κ2) is 8.24. The smallest absolute Gasteiger partial charge is 0.270 e. The van der Waals surface area contributed by atoms with Crippen molar-refractivity contribution in [1.29, 1.82) is 0 Å². The largest absolute Gasteiger partial charge is 0.318 e. The minimum absolute atomic E-state index is 0.0901. The molecule has 158 valence electrons. The van der Waals surface area contributed by atoms with Gasteiger partial charge in [-0.1, -0.05) is 72.0 Å². The van der Waals surface area contributed by atoms with Gasteiger partial charge in [-0.2, -0.15) is 0 Å². The van der Waals surface area contributed by atoms with Gasteiger partial charge >= 0.3 is 0 Å². The summed E-state index contributed by atoms with van der Waals surface area (Å²) in [6, 6.07) is 23.8. The Hall–Kier alpha value is -2.86. The van der Waals surface area contributed by atoms with Crippen LogP contribution < -0.4 is 4.90 Å². The van der Waals surface area contributed by atoms with Crippen molar-refractivity contribution in [3.05, 3.63) is 99.7 Å². The zero-order chi connectivity index (χ0) is 22.4. The third-order valence-corrected chi connectivity index (χ3v) is 7.20. The van der Waals surface area contributed by atoms with Crippen molar-refractivity contribution in [1.82, 2.24) is 4.57 Å². The predicted octanol–water partition coefficient (Wildman–Crippen LogP) is 7.31. The lowest BCUT2D eigenvalue weighted by Crippen LogP contribution is -2.27. The standard InChI is InChI=1S/C26H19ClN2OS2/c1-16-14-19(17(2)28(16)21-12-10-20(27)11-13-21)15-24-25(30)29(26(31)32-24)23-9-5-7-18-6-3-4-8-22(18)23/h3-15H,1-2H3. The fraction of sp³-hybridized carbons (Fsp3) is 0.0769. The molecular formula is C26H19ClN2OS2. The first kappa shape index (κ1) is 21.0. The summed E-state index contributed by atoms with van der Waals surface area (Å²) in [5, 5.41) is 2.79. The van der Waals surface area contributed by atoms with Gasteiger partial charge < -0.3 is 4.57 Å². The van der Waals surface area contributed by atoms with Crippen LogP contribution in [-0.4, -0.2) is 14.8 Å². The van der Waals surface area contributed by atoms with Crippen LogP contribution in [0.25, 0.3) is 22.5 Å². The van der Waals surface area contributed by atoms with Crippen molar-refractivity contribution in [2.24, 2.45) is 0 Å². The van der Waals surface area contributed by atoms with Crippen LogP contribution >= 0.6 is 35.6 Å². The van der Waals surface area contributed by atoms with Gasteiger partial charge in [-0.3, -0.25) is 9.69 Å². The van der Waals surface area contributed by atoms with Crippen molar-refractivity contribution in [3.8, 4) is 5.69 Å². The van der Waals surface area contributed by atoms with Crippen molar-refractivity contribution in [2.45, 2.75) is 13.8 Å². The fourth-order valence-corrected chi connectivity index (χ4v) is 5.54. The van der Waals surface area contributed by atoms with E-state index in [0.29, 0.717) is 14.2 Å². The average molecular weight is 475 g/mol. The Morgan fingerprint density at radius 2 is 1.69 bits per heavy atom. The predicted molar refractivity (Wildman–Crippen MR) is 140 cm³/mol. The Morgan fingerprint density at radius 1 is 0.969 bits per heavy atom. The maximum atomic E-state index is 13.4. The zero-order valence-electron chi connectivity index (χ0n) is 17.5. The number of thioether (sulfide) groups is 1. The number of amides is 1. The third kappa shape index (κ3) is 3.56. The first-order valence-electron chi connectivity index (χ1n) is 10.1. The minimum atomic E-state index is -0.0901. The van der Waals surface area contributed by atoms with E-state index in [1.165, 1.54) is 11.8 Å². The number of hydrogen-bond donors (Lipinski definition) is 0. The molecule has 0 bridgehead atoms. The fourth-order valence-electron chi connectivity index (χ4n) is 4.14. The third-order valence-electron chi connectivity index (χ3n) is 5.64. The lowest BCUT2D eigenvalue weighted by molar-refractivity contribution is -0.113. The van der Waals surface area contributed by atoms with E-state index in [1.807, 2.05) is 72.8 Å². The molecule has 0 aliphatic carbocycles. The summed E-state index contributed by atoms with van der Waals surface area (Å²) in [6.07, 6.45) is 1.94. The molecule has 1 saturated heterocycles. The number of carbonyl (C=O) groups excluding carboxylic acids is 1. The molecule has 0 unspecified atom stereocenters. The number of aromatic nitrogens is 1. The Balaban J connectivity index is 1.54. The van der Waals surface area contributed by atoms with Crippen LogP contribution in [0, 0.1) is 13.8 Å². The molecule has 0 spiro atoms. The number of nitrogens with zero attached hydrogens (tertiary/aromatic N) is 2. The SMILES string of the molecule is Cc1cc(C=C2SC(=S)N(c3cccc4ccccc34)C2=O)c(C)n1-c1ccc(Cl)cc1. The summed E-state index contributed by atoms with van der Waals surface area (Å²) < 4.78 is 2.71. The summed E-state index contributed by atoms with van der Waals surface area (Å²) >= 11 is 13.0. The van der Waals surface area contributed by atoms with Crippen LogP contribution in [-0.2, 0) is 4.79 Å². The van der Waals surface area contributed by atoms with Crippen LogP contribution in [0.15, 0.2) is 77.7 Å². The van der Waals surface area contributed by atoms with Crippen LogP contribution in [0.4, 0.5) is 5.69 Å². The minimum Gasteiger partial charge on any atom is -0.318 e. The van der Waals surface area contributed by atoms with Crippen LogP contribution in [0.2, 0.25) is 5.02 Å². The molecule has 4 aromatic rings. The highest BCUT2D eigenvalue weighted by Crippen LogP contribution is 2.39. The Morgan fingerprint density at radius 3 is 2.47 bits per heavy atom. The van der Waals surface area contributed by atoms with Crippen LogP contribution in [0.3, 0.4) is 0 Å². The van der Waals surface area contributed by atoms with E-state index in [4.69, 9.17) is 23.8 Å². The molecule has 2 heterocycles. The summed E-state index contributed by atoms with van der Waals surface area (Å²) in [5.41, 5.74) is 4.99. The molecule has 32 heavy (non-hydrogen) atoms. The topological polar surface area (TPSA) is 25.2 Å². The lowest BCUT2D eigenvalue weighted by Gasteiger charge is -2.17. The van der Waals surface area contributed by atoms with E-state index < -0.39 is 0 Å². The molecule has 1 fully saturated rings. The molecule has 1 amide bonds. The van der Waals surface area contributed by atoms with E-state index in [1.54, 1.807) is 4.90 Å². The van der Waals surface area contributed by atoms with Crippen molar-refractivity contribution in [2.75, 3.05) is 4.90 Å². The molecule has 3 aromatic carbocycles. The second-order valence-corrected chi connectivity index (χ2v) is 9.77. The lowest BCUT2D eigenvalue weighted by atomic mass is 10.1. The van der Waals surface area contributed by atoms with Gasteiger partial charge in [0, 0.05) is 27.5 Å². The molecule has 1 aliphatic heterocycles. The second-order valence-electron chi connectivity index (χ2n) is 7.65. The van der Waals surface area contributed by atoms with E-state index in [2.05, 4.69) is 24.5 Å². The van der Waals surface area contributed by atoms with Crippen molar-refractivity contribution >= 4 is 68.3 Å². The number of halogens is 1. The van der Waals surface area contributed by atoms with Gasteiger partial charge in [0.1, 0.15) is 0 Å². The number of anilines is 1. The summed E-state index contributed by atoms with van der Waals surface area (Å²) in [7, 11) is 0. The highest BCUT2D eigenvalue weighted by molar-refractivity contribution is 8.27. The number of benzene rings is 3. The quantitative estimate of drug-likeness (QED) is 0.230. The monoisotopic (exact) mass is 474 g/mol. The highest BCUT2D eigenvalue weighted by Gasteiger charge is 2.34. The first-order chi connectivity index (χ1) is 15.4. The first-order valence-corrected chi connectivity index (χ1v) is 11.7. The molecule has 6 heteroatoms. The molecule has 0 saturated carbocycles. The number of fused-ring (bicyclic) bond motifs is 1. The van der Waals surface area contributed by atoms with E-state index in [9.17, 15) is 4.79 Å². The van der Waals surface area contributed by atoms with Gasteiger partial charge in [-0.15, -0.1) is 0 Å². The van der Waals surface area contributed by atoms with Gasteiger partial charge in [-0.25, -0.2) is 0 Å². The Kier molecular flexibility index (Phi) is 5.41. The van der Waals surface area contributed by atoms with Crippen LogP contribution in [0.5, 0.6) is 0 Å². The maximum Gasteiger partial charge on any atom is 0.270 e. The van der Waals surface area contributed by atoms with Gasteiger partial charge in [0.05, 0.1) is 10.6 Å². The number of aryl methyl sites for hydroxylation is 1. The summed E-state index contributed by atoms with van der Waals surface area (Å²) in [4.78, 5) is 15.7. The molecule has 0 atom stereocenters. The maximum absolute atomic E-state index is 13.4. The normalized spacial score (nSPS) is 15.3. The molecule has 1 aliphatic rings. The molecule has 0 radical (unpaired) electrons. The summed E-state index contributed by atoms with van der Waals surface area (Å²) in [6.45, 7) is 4.11. The summed E-state index contributed by atoms with van der Waals surface area (Å²) in [5.74, 6) is -0.0901. The Labute approximate surface area is 201 Å². The van der Waals surface area contributed by atoms with Gasteiger partial charge in [0.15, 0.2) is 4.32 Å². The number of thiocarbonyl (C=S) groups is 1. The van der Waals surface area contributed by atoms with Gasteiger partial charge in [-0.05, 0) is 67.3 Å². The van der Waals surface area contributed by atoms with Gasteiger partial charge in [0.25, 0.3) is 5.91 Å². The van der Waals surface area contributed by atoms with Gasteiger partial charge in [0.2, 0.25) is 0 Å². The van der Waals surface area contributed by atoms with E-state index in [0.717, 1.165) is 39.1 Å².